The van der Waals surface area contributed by atoms with Gasteiger partial charge >= 0.3 is 23.7 Å². The van der Waals surface area contributed by atoms with Crippen molar-refractivity contribution in [2.75, 3.05) is 18.5 Å². The highest BCUT2D eigenvalue weighted by molar-refractivity contribution is 5.83. The zero-order valence-corrected chi connectivity index (χ0v) is 19.6. The predicted molar refractivity (Wildman–Crippen MR) is 121 cm³/mol. The molecule has 0 unspecified atom stereocenters. The number of carbonyl (C=O) groups is 2. The number of aliphatic hydroxyl groups excluding tert-OH is 1. The van der Waals surface area contributed by atoms with Crippen LogP contribution in [0.5, 0.6) is 0 Å². The Balaban J connectivity index is 1.65. The summed E-state index contributed by atoms with van der Waals surface area (Å²) in [4.78, 5) is 43.9. The van der Waals surface area contributed by atoms with Crippen molar-refractivity contribution in [3.05, 3.63) is 52.8 Å². The van der Waals surface area contributed by atoms with Crippen LogP contribution in [0.25, 0.3) is 0 Å². The molecule has 2 aromatic heterocycles. The maximum absolute atomic E-state index is 15.0. The first-order valence-electron chi connectivity index (χ1n) is 11.5. The molecule has 3 heterocycles. The lowest BCUT2D eigenvalue weighted by molar-refractivity contribution is -0.150. The number of pyridine rings is 1. The lowest BCUT2D eigenvalue weighted by Gasteiger charge is -2.23. The van der Waals surface area contributed by atoms with E-state index in [1.54, 1.807) is 24.5 Å². The third-order valence-corrected chi connectivity index (χ3v) is 5.46. The number of halogens is 2. The number of rotatable bonds is 11. The van der Waals surface area contributed by atoms with Gasteiger partial charge in [0, 0.05) is 25.0 Å². The molecule has 0 aliphatic carbocycles. The van der Waals surface area contributed by atoms with Gasteiger partial charge in [0.15, 0.2) is 6.10 Å². The lowest BCUT2D eigenvalue weighted by atomic mass is 10.1. The Morgan fingerprint density at radius 1 is 1.25 bits per heavy atom. The smallest absolute Gasteiger partial charge is 0.412 e. The second-order valence-corrected chi connectivity index (χ2v) is 8.14. The van der Waals surface area contributed by atoms with Crippen molar-refractivity contribution in [2.24, 2.45) is 0 Å². The van der Waals surface area contributed by atoms with Gasteiger partial charge < -0.3 is 19.3 Å². The van der Waals surface area contributed by atoms with Crippen LogP contribution >= 0.6 is 0 Å². The second-order valence-electron chi connectivity index (χ2n) is 8.14. The van der Waals surface area contributed by atoms with Gasteiger partial charge in [-0.1, -0.05) is 25.8 Å². The molecule has 1 fully saturated rings. The van der Waals surface area contributed by atoms with Crippen LogP contribution in [0.4, 0.5) is 19.4 Å². The normalized spacial score (nSPS) is 20.6. The lowest BCUT2D eigenvalue weighted by Crippen LogP contribution is -2.42. The van der Waals surface area contributed by atoms with Gasteiger partial charge in [-0.25, -0.2) is 19.1 Å². The second kappa shape index (κ2) is 12.5. The highest BCUT2D eigenvalue weighted by atomic mass is 19.3. The molecule has 196 valence electrons. The van der Waals surface area contributed by atoms with Gasteiger partial charge in [-0.2, -0.15) is 8.78 Å². The summed E-state index contributed by atoms with van der Waals surface area (Å²) in [7, 11) is 0. The average molecular weight is 510 g/mol. The van der Waals surface area contributed by atoms with E-state index < -0.39 is 48.7 Å². The maximum atomic E-state index is 15.0. The summed E-state index contributed by atoms with van der Waals surface area (Å²) in [6, 6.07) is 4.60. The Hall–Kier alpha value is -3.45. The van der Waals surface area contributed by atoms with Crippen molar-refractivity contribution in [3.63, 3.8) is 0 Å². The number of hydrogen-bond acceptors (Lipinski definition) is 9. The predicted octanol–water partition coefficient (Wildman–Crippen LogP) is 2.45. The molecule has 2 aromatic rings. The summed E-state index contributed by atoms with van der Waals surface area (Å²) in [5, 5.41) is 12.4. The SMILES string of the molecule is CCCCCOC(=O)Nc1ccnc(=O)n1[C@@H]1O[C@H](COC(=O)CCc2cccnc2)[C@@H](O)C1(F)F. The topological polar surface area (TPSA) is 142 Å². The van der Waals surface area contributed by atoms with Gasteiger partial charge in [0.05, 0.1) is 6.61 Å². The maximum Gasteiger partial charge on any atom is 0.412 e. The molecule has 11 nitrogen and oxygen atoms in total. The standard InChI is InChI=1S/C23H28F2N4O7/c1-2-3-4-12-34-22(33)28-17-9-11-27-21(32)29(17)20-23(24,25)19(31)16(36-20)14-35-18(30)8-7-15-6-5-10-26-13-15/h5-6,9-11,13,16,19-20,31H,2-4,7-8,12,14H2,1H3,(H,28,33)/t16-,19-,20-/m1/s1. The van der Waals surface area contributed by atoms with Crippen molar-refractivity contribution in [1.82, 2.24) is 14.5 Å². The van der Waals surface area contributed by atoms with Gasteiger partial charge in [0.2, 0.25) is 6.23 Å². The number of amides is 1. The Kier molecular flexibility index (Phi) is 9.42. The minimum Gasteiger partial charge on any atom is -0.463 e. The van der Waals surface area contributed by atoms with Crippen LogP contribution in [0.15, 0.2) is 41.6 Å². The molecule has 0 bridgehead atoms. The van der Waals surface area contributed by atoms with E-state index in [9.17, 15) is 28.3 Å². The van der Waals surface area contributed by atoms with Crippen LogP contribution < -0.4 is 11.0 Å². The molecule has 3 atom stereocenters. The summed E-state index contributed by atoms with van der Waals surface area (Å²) in [5.41, 5.74) is -0.358. The Morgan fingerprint density at radius 2 is 2.06 bits per heavy atom. The highest BCUT2D eigenvalue weighted by Gasteiger charge is 2.60. The first-order valence-corrected chi connectivity index (χ1v) is 11.5. The molecule has 0 saturated carbocycles. The Morgan fingerprint density at radius 3 is 2.78 bits per heavy atom. The van der Waals surface area contributed by atoms with Crippen molar-refractivity contribution in [1.29, 1.82) is 0 Å². The van der Waals surface area contributed by atoms with Crippen LogP contribution in [0.2, 0.25) is 0 Å². The third kappa shape index (κ3) is 6.82. The van der Waals surface area contributed by atoms with Crippen LogP contribution in [-0.2, 0) is 25.4 Å². The van der Waals surface area contributed by atoms with Gasteiger partial charge in [0.1, 0.15) is 18.5 Å². The minimum absolute atomic E-state index is 0.0369. The fourth-order valence-corrected chi connectivity index (χ4v) is 3.53. The fraction of sp³-hybridized carbons (Fsp3) is 0.522. The van der Waals surface area contributed by atoms with E-state index in [2.05, 4.69) is 15.3 Å². The molecule has 3 rings (SSSR count). The summed E-state index contributed by atoms with van der Waals surface area (Å²) in [5.74, 6) is -5.02. The van der Waals surface area contributed by atoms with Gasteiger partial charge in [-0.3, -0.25) is 15.1 Å². The number of carbonyl (C=O) groups excluding carboxylic acids is 2. The zero-order chi connectivity index (χ0) is 26.1. The number of nitrogens with zero attached hydrogens (tertiary/aromatic N) is 3. The van der Waals surface area contributed by atoms with Gasteiger partial charge in [-0.05, 0) is 30.5 Å². The van der Waals surface area contributed by atoms with Crippen molar-refractivity contribution in [3.8, 4) is 0 Å². The van der Waals surface area contributed by atoms with Crippen LogP contribution in [-0.4, -0.2) is 63.0 Å². The van der Waals surface area contributed by atoms with Crippen LogP contribution in [0.1, 0.15) is 44.4 Å². The van der Waals surface area contributed by atoms with Crippen molar-refractivity contribution in [2.45, 2.75) is 63.4 Å². The largest absolute Gasteiger partial charge is 0.463 e. The number of alkyl halides is 2. The molecular formula is C23H28F2N4O7. The highest BCUT2D eigenvalue weighted by Crippen LogP contribution is 2.43. The number of hydrogen-bond donors (Lipinski definition) is 2. The number of anilines is 1. The minimum atomic E-state index is -3.97. The third-order valence-electron chi connectivity index (χ3n) is 5.46. The Bertz CT molecular complexity index is 1080. The van der Waals surface area contributed by atoms with E-state index >= 15 is 0 Å². The molecule has 0 radical (unpaired) electrons. The van der Waals surface area contributed by atoms with Crippen molar-refractivity contribution < 1.29 is 37.7 Å². The van der Waals surface area contributed by atoms with Crippen molar-refractivity contribution >= 4 is 17.9 Å². The van der Waals surface area contributed by atoms with E-state index in [4.69, 9.17) is 14.2 Å². The number of ether oxygens (including phenoxy) is 3. The molecular weight excluding hydrogens is 482 g/mol. The number of unbranched alkanes of at least 4 members (excludes halogenated alkanes) is 2. The summed E-state index contributed by atoms with van der Waals surface area (Å²) in [6.07, 6.45) is -0.448. The first-order chi connectivity index (χ1) is 17.2. The summed E-state index contributed by atoms with van der Waals surface area (Å²) in [6.45, 7) is 1.41. The molecule has 0 aromatic carbocycles. The van der Waals surface area contributed by atoms with E-state index in [1.165, 1.54) is 0 Å². The molecule has 2 N–H and O–H groups in total. The molecule has 1 saturated heterocycles. The average Bonchev–Trinajstić information content (AvgIpc) is 3.08. The van der Waals surface area contributed by atoms with E-state index in [0.29, 0.717) is 17.4 Å². The quantitative estimate of drug-likeness (QED) is 0.344. The first kappa shape index (κ1) is 27.1. The van der Waals surface area contributed by atoms with Crippen LogP contribution in [0.3, 0.4) is 0 Å². The fourth-order valence-electron chi connectivity index (χ4n) is 3.53. The summed E-state index contributed by atoms with van der Waals surface area (Å²) >= 11 is 0. The molecule has 0 spiro atoms. The van der Waals surface area contributed by atoms with E-state index in [0.717, 1.165) is 30.7 Å². The molecule has 36 heavy (non-hydrogen) atoms. The number of esters is 1. The number of aryl methyl sites for hydroxylation is 1. The van der Waals surface area contributed by atoms with Gasteiger partial charge in [-0.15, -0.1) is 0 Å². The molecule has 1 amide bonds. The zero-order valence-electron chi connectivity index (χ0n) is 19.6. The monoisotopic (exact) mass is 510 g/mol. The van der Waals surface area contributed by atoms with E-state index in [1.807, 2.05) is 6.92 Å². The summed E-state index contributed by atoms with van der Waals surface area (Å²) < 4.78 is 45.6. The molecule has 13 heteroatoms. The number of nitrogens with one attached hydrogen (secondary N) is 1. The van der Waals surface area contributed by atoms with Gasteiger partial charge in [0.25, 0.3) is 0 Å². The number of aromatic nitrogens is 3. The molecule has 1 aliphatic rings. The number of aliphatic hydroxyl groups is 1. The Labute approximate surface area is 205 Å². The molecule has 1 aliphatic heterocycles. The van der Waals surface area contributed by atoms with Crippen LogP contribution in [0, 0.1) is 0 Å². The van der Waals surface area contributed by atoms with E-state index in [-0.39, 0.29) is 18.8 Å².